The quantitative estimate of drug-likeness (QED) is 0.896. The average molecular weight is 302 g/mol. The van der Waals surface area contributed by atoms with E-state index in [1.54, 1.807) is 0 Å². The van der Waals surface area contributed by atoms with Crippen LogP contribution in [-0.4, -0.2) is 51.4 Å². The number of hydrogen-bond donors (Lipinski definition) is 2. The molecular formula is C16H22N4O2. The van der Waals surface area contributed by atoms with Crippen molar-refractivity contribution < 1.29 is 9.84 Å². The Bertz CT molecular complexity index is 628. The molecular weight excluding hydrogens is 280 g/mol. The highest BCUT2D eigenvalue weighted by Gasteiger charge is 2.26. The van der Waals surface area contributed by atoms with Crippen LogP contribution in [0.5, 0.6) is 0 Å². The Hall–Kier alpha value is -1.76. The van der Waals surface area contributed by atoms with E-state index in [9.17, 15) is 5.11 Å². The Labute approximate surface area is 130 Å². The number of morpholine rings is 1. The second kappa shape index (κ2) is 6.56. The molecule has 0 radical (unpaired) electrons. The summed E-state index contributed by atoms with van der Waals surface area (Å²) < 4.78 is 5.75. The normalized spacial score (nSPS) is 21.0. The van der Waals surface area contributed by atoms with Crippen molar-refractivity contribution in [3.8, 4) is 0 Å². The third kappa shape index (κ3) is 3.35. The van der Waals surface area contributed by atoms with Crippen LogP contribution < -0.4 is 0 Å². The number of nitrogens with zero attached hydrogens (tertiary/aromatic N) is 3. The fourth-order valence-electron chi connectivity index (χ4n) is 2.83. The zero-order valence-corrected chi connectivity index (χ0v) is 13.0. The van der Waals surface area contributed by atoms with Crippen molar-refractivity contribution in [3.63, 3.8) is 0 Å². The van der Waals surface area contributed by atoms with E-state index in [2.05, 4.69) is 20.1 Å². The van der Waals surface area contributed by atoms with Gasteiger partial charge in [0.25, 0.3) is 0 Å². The third-order valence-corrected chi connectivity index (χ3v) is 4.03. The number of nitrogens with one attached hydrogen (secondary N) is 1. The van der Waals surface area contributed by atoms with Gasteiger partial charge < -0.3 is 9.84 Å². The molecule has 6 heteroatoms. The first-order chi connectivity index (χ1) is 10.6. The topological polar surface area (TPSA) is 74.3 Å². The lowest BCUT2D eigenvalue weighted by Gasteiger charge is -2.33. The van der Waals surface area contributed by atoms with E-state index in [4.69, 9.17) is 4.74 Å². The molecule has 3 rings (SSSR count). The molecule has 2 N–H and O–H groups in total. The molecule has 0 saturated carbocycles. The number of aliphatic hydroxyl groups is 1. The maximum atomic E-state index is 10.5. The van der Waals surface area contributed by atoms with Crippen LogP contribution in [0, 0.1) is 13.8 Å². The zero-order valence-electron chi connectivity index (χ0n) is 13.0. The molecule has 0 spiro atoms. The summed E-state index contributed by atoms with van der Waals surface area (Å²) in [7, 11) is 0. The molecule has 2 aromatic rings. The van der Waals surface area contributed by atoms with Gasteiger partial charge in [0.15, 0.2) is 5.82 Å². The predicted octanol–water partition coefficient (Wildman–Crippen LogP) is 1.53. The molecule has 1 saturated heterocycles. The summed E-state index contributed by atoms with van der Waals surface area (Å²) in [5, 5.41) is 17.5. The number of benzene rings is 1. The molecule has 0 bridgehead atoms. The SMILES string of the molecule is Cc1nc([C@H]2CN(C[C@@H](O)c3ccccc3C)CCO2)n[nH]1. The van der Waals surface area contributed by atoms with Gasteiger partial charge in [0.05, 0.1) is 12.7 Å². The first-order valence-electron chi connectivity index (χ1n) is 7.60. The Morgan fingerprint density at radius 1 is 1.41 bits per heavy atom. The number of aromatic nitrogens is 3. The molecule has 1 aromatic heterocycles. The maximum Gasteiger partial charge on any atom is 0.180 e. The van der Waals surface area contributed by atoms with E-state index in [-0.39, 0.29) is 6.10 Å². The van der Waals surface area contributed by atoms with Gasteiger partial charge in [-0.15, -0.1) is 0 Å². The lowest BCUT2D eigenvalue weighted by Crippen LogP contribution is -2.41. The first kappa shape index (κ1) is 15.1. The summed E-state index contributed by atoms with van der Waals surface area (Å²) >= 11 is 0. The zero-order chi connectivity index (χ0) is 15.5. The minimum absolute atomic E-state index is 0.136. The fourth-order valence-corrected chi connectivity index (χ4v) is 2.83. The van der Waals surface area contributed by atoms with Crippen LogP contribution in [-0.2, 0) is 4.74 Å². The second-order valence-corrected chi connectivity index (χ2v) is 5.77. The number of H-pyrrole nitrogens is 1. The molecule has 0 amide bonds. The Kier molecular flexibility index (Phi) is 4.52. The van der Waals surface area contributed by atoms with Gasteiger partial charge in [0.2, 0.25) is 0 Å². The molecule has 1 aromatic carbocycles. The van der Waals surface area contributed by atoms with Crippen molar-refractivity contribution >= 4 is 0 Å². The van der Waals surface area contributed by atoms with Crippen molar-refractivity contribution in [2.24, 2.45) is 0 Å². The van der Waals surface area contributed by atoms with Gasteiger partial charge in [-0.2, -0.15) is 5.10 Å². The Morgan fingerprint density at radius 2 is 2.23 bits per heavy atom. The standard InChI is InChI=1S/C16H22N4O2/c1-11-5-3-4-6-13(11)14(21)9-20-7-8-22-15(10-20)16-17-12(2)18-19-16/h3-6,14-15,21H,7-10H2,1-2H3,(H,17,18,19)/t14-,15-/m1/s1. The molecule has 2 atom stereocenters. The monoisotopic (exact) mass is 302 g/mol. The van der Waals surface area contributed by atoms with Gasteiger partial charge >= 0.3 is 0 Å². The number of β-amino-alcohol motifs (C(OH)–C–C–N with tert-alkyl or cyclic N) is 1. The van der Waals surface area contributed by atoms with Crippen LogP contribution in [0.25, 0.3) is 0 Å². The van der Waals surface area contributed by atoms with E-state index < -0.39 is 6.10 Å². The van der Waals surface area contributed by atoms with E-state index in [0.29, 0.717) is 25.5 Å². The predicted molar refractivity (Wildman–Crippen MR) is 82.4 cm³/mol. The molecule has 1 aliphatic rings. The lowest BCUT2D eigenvalue weighted by molar-refractivity contribution is -0.0461. The van der Waals surface area contributed by atoms with Crippen molar-refractivity contribution in [2.75, 3.05) is 26.2 Å². The first-order valence-corrected chi connectivity index (χ1v) is 7.60. The highest BCUT2D eigenvalue weighted by molar-refractivity contribution is 5.27. The smallest absolute Gasteiger partial charge is 0.180 e. The fraction of sp³-hybridized carbons (Fsp3) is 0.500. The molecule has 1 fully saturated rings. The summed E-state index contributed by atoms with van der Waals surface area (Å²) in [5.74, 6) is 1.48. The van der Waals surface area contributed by atoms with Gasteiger partial charge in [-0.25, -0.2) is 4.98 Å². The number of aliphatic hydroxyl groups excluding tert-OH is 1. The number of hydrogen-bond acceptors (Lipinski definition) is 5. The number of ether oxygens (including phenoxy) is 1. The van der Waals surface area contributed by atoms with Crippen molar-refractivity contribution in [1.29, 1.82) is 0 Å². The minimum atomic E-state index is -0.492. The van der Waals surface area contributed by atoms with Gasteiger partial charge in [-0.05, 0) is 25.0 Å². The molecule has 0 unspecified atom stereocenters. The van der Waals surface area contributed by atoms with Gasteiger partial charge in [0.1, 0.15) is 11.9 Å². The maximum absolute atomic E-state index is 10.5. The number of rotatable bonds is 4. The van der Waals surface area contributed by atoms with Crippen LogP contribution in [0.4, 0.5) is 0 Å². The summed E-state index contributed by atoms with van der Waals surface area (Å²) in [5.41, 5.74) is 2.10. The molecule has 2 heterocycles. The van der Waals surface area contributed by atoms with Crippen LogP contribution in [0.15, 0.2) is 24.3 Å². The van der Waals surface area contributed by atoms with Crippen LogP contribution >= 0.6 is 0 Å². The highest BCUT2D eigenvalue weighted by Crippen LogP contribution is 2.23. The lowest BCUT2D eigenvalue weighted by atomic mass is 10.0. The van der Waals surface area contributed by atoms with Gasteiger partial charge in [-0.1, -0.05) is 24.3 Å². The Balaban J connectivity index is 1.64. The number of aromatic amines is 1. The molecule has 22 heavy (non-hydrogen) atoms. The van der Waals surface area contributed by atoms with Crippen molar-refractivity contribution in [3.05, 3.63) is 47.0 Å². The van der Waals surface area contributed by atoms with Crippen molar-refractivity contribution in [2.45, 2.75) is 26.1 Å². The van der Waals surface area contributed by atoms with Crippen molar-refractivity contribution in [1.82, 2.24) is 20.1 Å². The van der Waals surface area contributed by atoms with E-state index in [1.165, 1.54) is 0 Å². The number of aryl methyl sites for hydroxylation is 2. The molecule has 1 aliphatic heterocycles. The van der Waals surface area contributed by atoms with Crippen LogP contribution in [0.3, 0.4) is 0 Å². The largest absolute Gasteiger partial charge is 0.387 e. The van der Waals surface area contributed by atoms with Crippen LogP contribution in [0.2, 0.25) is 0 Å². The summed E-state index contributed by atoms with van der Waals surface area (Å²) in [4.78, 5) is 6.54. The molecule has 0 aliphatic carbocycles. The van der Waals surface area contributed by atoms with Gasteiger partial charge in [-0.3, -0.25) is 10.00 Å². The second-order valence-electron chi connectivity index (χ2n) is 5.77. The molecule has 118 valence electrons. The third-order valence-electron chi connectivity index (χ3n) is 4.03. The van der Waals surface area contributed by atoms with Crippen LogP contribution in [0.1, 0.15) is 35.0 Å². The minimum Gasteiger partial charge on any atom is -0.387 e. The van der Waals surface area contributed by atoms with E-state index in [0.717, 1.165) is 23.5 Å². The summed E-state index contributed by atoms with van der Waals surface area (Å²) in [6, 6.07) is 7.96. The summed E-state index contributed by atoms with van der Waals surface area (Å²) in [6.07, 6.45) is -0.628. The Morgan fingerprint density at radius 3 is 2.95 bits per heavy atom. The van der Waals surface area contributed by atoms with E-state index in [1.807, 2.05) is 38.1 Å². The average Bonchev–Trinajstić information content (AvgIpc) is 2.94. The summed E-state index contributed by atoms with van der Waals surface area (Å²) in [6.45, 7) is 6.62. The highest BCUT2D eigenvalue weighted by atomic mass is 16.5. The van der Waals surface area contributed by atoms with Gasteiger partial charge in [0, 0.05) is 19.6 Å². The molecule has 6 nitrogen and oxygen atoms in total. The van der Waals surface area contributed by atoms with E-state index >= 15 is 0 Å².